The molecule has 0 aliphatic heterocycles. The van der Waals surface area contributed by atoms with Crippen LogP contribution in [0.1, 0.15) is 10.7 Å². The summed E-state index contributed by atoms with van der Waals surface area (Å²) in [7, 11) is 0. The molecule has 7 heteroatoms. The molecule has 0 amide bonds. The lowest BCUT2D eigenvalue weighted by Crippen LogP contribution is -2.10. The van der Waals surface area contributed by atoms with Gasteiger partial charge in [0.05, 0.1) is 17.2 Å². The molecule has 2 aromatic rings. The molecule has 6 nitrogen and oxygen atoms in total. The molecule has 0 atom stereocenters. The van der Waals surface area contributed by atoms with Crippen molar-refractivity contribution in [3.05, 3.63) is 28.5 Å². The van der Waals surface area contributed by atoms with Gasteiger partial charge in [-0.15, -0.1) is 11.3 Å². The first-order valence-electron chi connectivity index (χ1n) is 4.71. The number of thiazole rings is 1. The molecular weight excluding hydrogens is 224 g/mol. The molecular formula is C9H12N6S. The Morgan fingerprint density at radius 2 is 2.19 bits per heavy atom. The van der Waals surface area contributed by atoms with Crippen LogP contribution >= 0.6 is 11.3 Å². The van der Waals surface area contributed by atoms with Gasteiger partial charge in [0.25, 0.3) is 0 Å². The summed E-state index contributed by atoms with van der Waals surface area (Å²) in [6, 6.07) is 1.74. The lowest BCUT2D eigenvalue weighted by atomic mass is 10.4. The molecule has 16 heavy (non-hydrogen) atoms. The van der Waals surface area contributed by atoms with Gasteiger partial charge in [-0.1, -0.05) is 0 Å². The van der Waals surface area contributed by atoms with Gasteiger partial charge in [0.15, 0.2) is 0 Å². The van der Waals surface area contributed by atoms with Crippen LogP contribution in [0.2, 0.25) is 0 Å². The van der Waals surface area contributed by atoms with Crippen LogP contribution in [0.15, 0.2) is 17.8 Å². The monoisotopic (exact) mass is 236 g/mol. The Kier molecular flexibility index (Phi) is 3.28. The van der Waals surface area contributed by atoms with Gasteiger partial charge in [0, 0.05) is 11.4 Å². The number of aromatic nitrogens is 3. The Balaban J connectivity index is 1.99. The van der Waals surface area contributed by atoms with Crippen molar-refractivity contribution in [2.45, 2.75) is 13.5 Å². The van der Waals surface area contributed by atoms with E-state index >= 15 is 0 Å². The quantitative estimate of drug-likeness (QED) is 0.545. The van der Waals surface area contributed by atoms with Gasteiger partial charge >= 0.3 is 0 Å². The summed E-state index contributed by atoms with van der Waals surface area (Å²) in [6.07, 6.45) is 1.45. The summed E-state index contributed by atoms with van der Waals surface area (Å²) in [5.41, 5.74) is 3.47. The molecule has 0 aromatic carbocycles. The van der Waals surface area contributed by atoms with Crippen molar-refractivity contribution in [3.63, 3.8) is 0 Å². The Morgan fingerprint density at radius 1 is 1.38 bits per heavy atom. The summed E-state index contributed by atoms with van der Waals surface area (Å²) in [4.78, 5) is 12.3. The molecule has 2 rings (SSSR count). The smallest absolute Gasteiger partial charge is 0.145 e. The highest BCUT2D eigenvalue weighted by Gasteiger charge is 2.00. The van der Waals surface area contributed by atoms with E-state index in [2.05, 4.69) is 25.7 Å². The molecule has 0 aliphatic rings. The van der Waals surface area contributed by atoms with E-state index < -0.39 is 0 Å². The van der Waals surface area contributed by atoms with Gasteiger partial charge in [-0.05, 0) is 6.92 Å². The van der Waals surface area contributed by atoms with Crippen LogP contribution in [0.5, 0.6) is 0 Å². The number of hydrazine groups is 1. The van der Waals surface area contributed by atoms with Crippen molar-refractivity contribution in [2.24, 2.45) is 5.84 Å². The fraction of sp³-hybridized carbons (Fsp3) is 0.222. The van der Waals surface area contributed by atoms with E-state index in [1.807, 2.05) is 12.3 Å². The Morgan fingerprint density at radius 3 is 2.88 bits per heavy atom. The van der Waals surface area contributed by atoms with Gasteiger partial charge in [-0.25, -0.2) is 20.8 Å². The summed E-state index contributed by atoms with van der Waals surface area (Å²) in [5, 5.41) is 6.23. The number of hydrogen-bond acceptors (Lipinski definition) is 7. The van der Waals surface area contributed by atoms with Crippen molar-refractivity contribution in [2.75, 3.05) is 10.7 Å². The number of hydrogen-bond donors (Lipinski definition) is 3. The second-order valence-corrected chi connectivity index (χ2v) is 4.21. The molecule has 0 radical (unpaired) electrons. The highest BCUT2D eigenvalue weighted by Crippen LogP contribution is 2.11. The zero-order valence-electron chi connectivity index (χ0n) is 8.77. The number of rotatable bonds is 4. The van der Waals surface area contributed by atoms with Crippen molar-refractivity contribution in [1.29, 1.82) is 0 Å². The van der Waals surface area contributed by atoms with E-state index in [4.69, 9.17) is 5.84 Å². The Hall–Kier alpha value is -1.73. The zero-order valence-corrected chi connectivity index (χ0v) is 9.58. The fourth-order valence-electron chi connectivity index (χ4n) is 1.20. The number of nitrogen functional groups attached to an aromatic ring is 1. The topological polar surface area (TPSA) is 88.8 Å². The molecule has 2 aromatic heterocycles. The summed E-state index contributed by atoms with van der Waals surface area (Å²) in [5.74, 6) is 6.54. The van der Waals surface area contributed by atoms with Crippen LogP contribution < -0.4 is 16.6 Å². The first-order valence-corrected chi connectivity index (χ1v) is 5.59. The molecule has 0 saturated heterocycles. The summed E-state index contributed by atoms with van der Waals surface area (Å²) < 4.78 is 0. The van der Waals surface area contributed by atoms with E-state index in [0.29, 0.717) is 18.2 Å². The van der Waals surface area contributed by atoms with Crippen molar-refractivity contribution in [1.82, 2.24) is 15.0 Å². The van der Waals surface area contributed by atoms with Crippen molar-refractivity contribution < 1.29 is 0 Å². The molecule has 2 heterocycles. The SMILES string of the molecule is Cc1nc(CNc2cc(NN)ncn2)cs1. The van der Waals surface area contributed by atoms with Gasteiger partial charge in [-0.3, -0.25) is 0 Å². The lowest BCUT2D eigenvalue weighted by molar-refractivity contribution is 1.03. The molecule has 0 fully saturated rings. The molecule has 0 spiro atoms. The molecule has 84 valence electrons. The van der Waals surface area contributed by atoms with Gasteiger partial charge in [-0.2, -0.15) is 0 Å². The van der Waals surface area contributed by atoms with Crippen molar-refractivity contribution >= 4 is 23.0 Å². The normalized spacial score (nSPS) is 10.1. The molecule has 0 saturated carbocycles. The average molecular weight is 236 g/mol. The van der Waals surface area contributed by atoms with E-state index in [9.17, 15) is 0 Å². The number of aryl methyl sites for hydroxylation is 1. The standard InChI is InChI=1S/C9H12N6S/c1-6-14-7(4-16-6)3-11-8-2-9(15-10)13-5-12-8/h2,4-5H,3,10H2,1H3,(H2,11,12,13,15). The predicted octanol–water partition coefficient (Wildman–Crippen LogP) is 1.14. The third-order valence-electron chi connectivity index (χ3n) is 1.93. The Bertz CT molecular complexity index is 469. The van der Waals surface area contributed by atoms with E-state index in [-0.39, 0.29) is 0 Å². The minimum Gasteiger partial charge on any atom is -0.364 e. The van der Waals surface area contributed by atoms with Crippen LogP contribution in [0, 0.1) is 6.92 Å². The highest BCUT2D eigenvalue weighted by molar-refractivity contribution is 7.09. The molecule has 0 bridgehead atoms. The minimum atomic E-state index is 0.576. The molecule has 0 unspecified atom stereocenters. The van der Waals surface area contributed by atoms with Crippen LogP contribution in [0.25, 0.3) is 0 Å². The second kappa shape index (κ2) is 4.86. The Labute approximate surface area is 96.9 Å². The van der Waals surface area contributed by atoms with Crippen LogP contribution in [-0.4, -0.2) is 15.0 Å². The number of nitrogens with zero attached hydrogens (tertiary/aromatic N) is 3. The number of nitrogens with one attached hydrogen (secondary N) is 2. The molecule has 0 aliphatic carbocycles. The lowest BCUT2D eigenvalue weighted by Gasteiger charge is -2.04. The predicted molar refractivity (Wildman–Crippen MR) is 64.0 cm³/mol. The third-order valence-corrected chi connectivity index (χ3v) is 2.75. The van der Waals surface area contributed by atoms with Crippen molar-refractivity contribution in [3.8, 4) is 0 Å². The fourth-order valence-corrected chi connectivity index (χ4v) is 1.82. The van der Waals surface area contributed by atoms with Gasteiger partial charge in [0.2, 0.25) is 0 Å². The van der Waals surface area contributed by atoms with Gasteiger partial charge < -0.3 is 10.7 Å². The van der Waals surface area contributed by atoms with Crippen LogP contribution in [-0.2, 0) is 6.54 Å². The third kappa shape index (κ3) is 2.65. The average Bonchev–Trinajstić information content (AvgIpc) is 2.73. The molecule has 4 N–H and O–H groups in total. The maximum atomic E-state index is 5.25. The van der Waals surface area contributed by atoms with E-state index in [1.54, 1.807) is 17.4 Å². The zero-order chi connectivity index (χ0) is 11.4. The van der Waals surface area contributed by atoms with E-state index in [1.165, 1.54) is 6.33 Å². The largest absolute Gasteiger partial charge is 0.364 e. The number of anilines is 2. The second-order valence-electron chi connectivity index (χ2n) is 3.14. The van der Waals surface area contributed by atoms with Crippen LogP contribution in [0.3, 0.4) is 0 Å². The maximum absolute atomic E-state index is 5.25. The van der Waals surface area contributed by atoms with Crippen LogP contribution in [0.4, 0.5) is 11.6 Å². The summed E-state index contributed by atoms with van der Waals surface area (Å²) in [6.45, 7) is 2.63. The van der Waals surface area contributed by atoms with E-state index in [0.717, 1.165) is 10.7 Å². The maximum Gasteiger partial charge on any atom is 0.145 e. The minimum absolute atomic E-state index is 0.576. The summed E-state index contributed by atoms with van der Waals surface area (Å²) >= 11 is 1.63. The first-order chi connectivity index (χ1) is 7.78. The first kappa shape index (κ1) is 10.8. The highest BCUT2D eigenvalue weighted by atomic mass is 32.1. The van der Waals surface area contributed by atoms with Gasteiger partial charge in [0.1, 0.15) is 18.0 Å². The number of nitrogens with two attached hydrogens (primary N) is 1.